The Morgan fingerprint density at radius 1 is 1.42 bits per heavy atom. The number of nitrogens with two attached hydrogens (primary N) is 1. The van der Waals surface area contributed by atoms with Crippen molar-refractivity contribution in [3.8, 4) is 0 Å². The molecular formula is C15H22N2OS. The molecule has 1 fully saturated rings. The molecular weight excluding hydrogens is 256 g/mol. The number of thioether (sulfide) groups is 1. The number of benzene rings is 1. The minimum atomic E-state index is 0.0517. The van der Waals surface area contributed by atoms with Crippen molar-refractivity contribution in [2.24, 2.45) is 5.73 Å². The molecule has 2 atom stereocenters. The van der Waals surface area contributed by atoms with Crippen molar-refractivity contribution in [3.63, 3.8) is 0 Å². The average Bonchev–Trinajstić information content (AvgIpc) is 2.87. The molecule has 0 bridgehead atoms. The summed E-state index contributed by atoms with van der Waals surface area (Å²) in [7, 11) is 0. The van der Waals surface area contributed by atoms with E-state index < -0.39 is 0 Å². The largest absolute Gasteiger partial charge is 0.349 e. The SMILES string of the molecule is CSC1CCC(NC(=O)c2ccccc2CCN)C1. The monoisotopic (exact) mass is 278 g/mol. The predicted octanol–water partition coefficient (Wildman–Crippen LogP) is 2.20. The second-order valence-corrected chi connectivity index (χ2v) is 6.18. The summed E-state index contributed by atoms with van der Waals surface area (Å²) in [6.45, 7) is 0.572. The summed E-state index contributed by atoms with van der Waals surface area (Å²) in [5.41, 5.74) is 7.42. The summed E-state index contributed by atoms with van der Waals surface area (Å²) in [6.07, 6.45) is 6.28. The summed E-state index contributed by atoms with van der Waals surface area (Å²) in [5.74, 6) is 0.0517. The third-order valence-electron chi connectivity index (χ3n) is 3.73. The van der Waals surface area contributed by atoms with Crippen LogP contribution in [-0.4, -0.2) is 30.0 Å². The molecule has 0 radical (unpaired) electrons. The van der Waals surface area contributed by atoms with Crippen LogP contribution in [0.4, 0.5) is 0 Å². The van der Waals surface area contributed by atoms with E-state index in [9.17, 15) is 4.79 Å². The summed E-state index contributed by atoms with van der Waals surface area (Å²) >= 11 is 1.90. The molecule has 3 nitrogen and oxygen atoms in total. The Balaban J connectivity index is 2.00. The second kappa shape index (κ2) is 6.96. The van der Waals surface area contributed by atoms with E-state index >= 15 is 0 Å². The van der Waals surface area contributed by atoms with Crippen molar-refractivity contribution in [1.29, 1.82) is 0 Å². The van der Waals surface area contributed by atoms with Crippen LogP contribution in [0, 0.1) is 0 Å². The van der Waals surface area contributed by atoms with E-state index in [-0.39, 0.29) is 5.91 Å². The zero-order valence-electron chi connectivity index (χ0n) is 11.4. The van der Waals surface area contributed by atoms with Crippen LogP contribution in [0.25, 0.3) is 0 Å². The number of rotatable bonds is 5. The fourth-order valence-corrected chi connectivity index (χ4v) is 3.46. The first kappa shape index (κ1) is 14.4. The maximum absolute atomic E-state index is 12.3. The Kier molecular flexibility index (Phi) is 5.28. The molecule has 1 aliphatic carbocycles. The van der Waals surface area contributed by atoms with E-state index in [1.54, 1.807) is 0 Å². The number of hydrogen-bond acceptors (Lipinski definition) is 3. The van der Waals surface area contributed by atoms with Crippen LogP contribution in [0.3, 0.4) is 0 Å². The normalized spacial score (nSPS) is 22.4. The van der Waals surface area contributed by atoms with Crippen molar-refractivity contribution in [2.45, 2.75) is 37.0 Å². The van der Waals surface area contributed by atoms with Gasteiger partial charge in [0.25, 0.3) is 5.91 Å². The van der Waals surface area contributed by atoms with Gasteiger partial charge >= 0.3 is 0 Å². The molecule has 1 aromatic rings. The zero-order valence-corrected chi connectivity index (χ0v) is 12.2. The van der Waals surface area contributed by atoms with Gasteiger partial charge in [0.15, 0.2) is 0 Å². The lowest BCUT2D eigenvalue weighted by Crippen LogP contribution is -2.33. The smallest absolute Gasteiger partial charge is 0.251 e. The first-order chi connectivity index (χ1) is 9.24. The molecule has 0 aliphatic heterocycles. The molecule has 3 N–H and O–H groups in total. The summed E-state index contributed by atoms with van der Waals surface area (Å²) < 4.78 is 0. The molecule has 1 amide bonds. The van der Waals surface area contributed by atoms with Gasteiger partial charge in [-0.1, -0.05) is 18.2 Å². The Hall–Kier alpha value is -1.00. The fourth-order valence-electron chi connectivity index (χ4n) is 2.66. The third-order valence-corrected chi connectivity index (χ3v) is 4.82. The van der Waals surface area contributed by atoms with Gasteiger partial charge in [0.2, 0.25) is 0 Å². The Morgan fingerprint density at radius 3 is 2.89 bits per heavy atom. The predicted molar refractivity (Wildman–Crippen MR) is 81.6 cm³/mol. The second-order valence-electron chi connectivity index (χ2n) is 5.04. The van der Waals surface area contributed by atoms with Crippen molar-refractivity contribution < 1.29 is 4.79 Å². The van der Waals surface area contributed by atoms with Crippen molar-refractivity contribution >= 4 is 17.7 Å². The first-order valence-electron chi connectivity index (χ1n) is 6.86. The lowest BCUT2D eigenvalue weighted by atomic mass is 10.0. The Labute approximate surface area is 119 Å². The van der Waals surface area contributed by atoms with Crippen LogP contribution < -0.4 is 11.1 Å². The van der Waals surface area contributed by atoms with Crippen LogP contribution in [0.2, 0.25) is 0 Å². The summed E-state index contributed by atoms with van der Waals surface area (Å²) in [6, 6.07) is 8.08. The van der Waals surface area contributed by atoms with Gasteiger partial charge < -0.3 is 11.1 Å². The molecule has 4 heteroatoms. The van der Waals surface area contributed by atoms with Gasteiger partial charge in [-0.15, -0.1) is 0 Å². The van der Waals surface area contributed by atoms with Crippen LogP contribution in [0.5, 0.6) is 0 Å². The number of carbonyl (C=O) groups is 1. The van der Waals surface area contributed by atoms with Gasteiger partial charge in [-0.25, -0.2) is 0 Å². The van der Waals surface area contributed by atoms with Crippen LogP contribution in [0.1, 0.15) is 35.2 Å². The fraction of sp³-hybridized carbons (Fsp3) is 0.533. The highest BCUT2D eigenvalue weighted by atomic mass is 32.2. The maximum Gasteiger partial charge on any atom is 0.251 e. The van der Waals surface area contributed by atoms with Crippen molar-refractivity contribution in [1.82, 2.24) is 5.32 Å². The molecule has 0 spiro atoms. The minimum absolute atomic E-state index is 0.0517. The molecule has 1 saturated carbocycles. The molecule has 2 unspecified atom stereocenters. The van der Waals surface area contributed by atoms with E-state index in [0.29, 0.717) is 17.8 Å². The number of hydrogen-bond donors (Lipinski definition) is 2. The van der Waals surface area contributed by atoms with E-state index in [0.717, 1.165) is 30.4 Å². The standard InChI is InChI=1S/C15H22N2OS/c1-19-13-7-6-12(10-13)17-15(18)14-5-3-2-4-11(14)8-9-16/h2-5,12-13H,6-10,16H2,1H3,(H,17,18). The zero-order chi connectivity index (χ0) is 13.7. The molecule has 1 aliphatic rings. The Morgan fingerprint density at radius 2 is 2.21 bits per heavy atom. The number of carbonyl (C=O) groups excluding carboxylic acids is 1. The van der Waals surface area contributed by atoms with Gasteiger partial charge in [-0.3, -0.25) is 4.79 Å². The van der Waals surface area contributed by atoms with Crippen LogP contribution in [0.15, 0.2) is 24.3 Å². The molecule has 1 aromatic carbocycles. The molecule has 0 heterocycles. The molecule has 19 heavy (non-hydrogen) atoms. The molecule has 104 valence electrons. The highest BCUT2D eigenvalue weighted by Crippen LogP contribution is 2.28. The average molecular weight is 278 g/mol. The summed E-state index contributed by atoms with van der Waals surface area (Å²) in [5, 5.41) is 3.86. The highest BCUT2D eigenvalue weighted by Gasteiger charge is 2.25. The lowest BCUT2D eigenvalue weighted by Gasteiger charge is -2.14. The van der Waals surface area contributed by atoms with Crippen molar-refractivity contribution in [2.75, 3.05) is 12.8 Å². The highest BCUT2D eigenvalue weighted by molar-refractivity contribution is 7.99. The molecule has 0 aromatic heterocycles. The van der Waals surface area contributed by atoms with E-state index in [1.807, 2.05) is 36.0 Å². The maximum atomic E-state index is 12.3. The lowest BCUT2D eigenvalue weighted by molar-refractivity contribution is 0.0937. The van der Waals surface area contributed by atoms with Gasteiger partial charge in [0.1, 0.15) is 0 Å². The van der Waals surface area contributed by atoms with E-state index in [4.69, 9.17) is 5.73 Å². The van der Waals surface area contributed by atoms with Gasteiger partial charge in [-0.05, 0) is 50.1 Å². The van der Waals surface area contributed by atoms with Gasteiger partial charge in [-0.2, -0.15) is 11.8 Å². The topological polar surface area (TPSA) is 55.1 Å². The van der Waals surface area contributed by atoms with E-state index in [1.165, 1.54) is 6.42 Å². The summed E-state index contributed by atoms with van der Waals surface area (Å²) in [4.78, 5) is 12.3. The molecule has 0 saturated heterocycles. The minimum Gasteiger partial charge on any atom is -0.349 e. The molecule has 2 rings (SSSR count). The van der Waals surface area contributed by atoms with Gasteiger partial charge in [0, 0.05) is 16.9 Å². The Bertz CT molecular complexity index is 436. The quantitative estimate of drug-likeness (QED) is 0.868. The van der Waals surface area contributed by atoms with E-state index in [2.05, 4.69) is 11.6 Å². The van der Waals surface area contributed by atoms with Crippen molar-refractivity contribution in [3.05, 3.63) is 35.4 Å². The van der Waals surface area contributed by atoms with Crippen LogP contribution in [-0.2, 0) is 6.42 Å². The number of nitrogens with one attached hydrogen (secondary N) is 1. The third kappa shape index (κ3) is 3.74. The van der Waals surface area contributed by atoms with Crippen LogP contribution >= 0.6 is 11.8 Å². The number of amides is 1. The van der Waals surface area contributed by atoms with Gasteiger partial charge in [0.05, 0.1) is 0 Å². The first-order valence-corrected chi connectivity index (χ1v) is 8.15.